The summed E-state index contributed by atoms with van der Waals surface area (Å²) < 4.78 is 5.33. The fraction of sp³-hybridized carbons (Fsp3) is 0.800. The third kappa shape index (κ3) is 8.01. The Morgan fingerprint density at radius 1 is 1.38 bits per heavy atom. The summed E-state index contributed by atoms with van der Waals surface area (Å²) in [6.45, 7) is 6.63. The summed E-state index contributed by atoms with van der Waals surface area (Å²) in [7, 11) is 0. The van der Waals surface area contributed by atoms with Gasteiger partial charge in [-0.1, -0.05) is 11.6 Å². The summed E-state index contributed by atoms with van der Waals surface area (Å²) in [6.07, 6.45) is 8.36. The van der Waals surface area contributed by atoms with E-state index < -0.39 is 0 Å². The summed E-state index contributed by atoms with van der Waals surface area (Å²) in [5.41, 5.74) is 7.43. The average Bonchev–Trinajstić information content (AvgIpc) is 2.98. The zero-order chi connectivity index (χ0) is 14.0. The van der Waals surface area contributed by atoms with Gasteiger partial charge in [-0.25, -0.2) is 0 Å². The van der Waals surface area contributed by atoms with E-state index in [0.717, 1.165) is 58.8 Å². The highest BCUT2D eigenvalue weighted by molar-refractivity contribution is 14.0. The first-order valence-corrected chi connectivity index (χ1v) is 7.86. The van der Waals surface area contributed by atoms with Crippen LogP contribution in [0.2, 0.25) is 0 Å². The van der Waals surface area contributed by atoms with Crippen molar-refractivity contribution in [2.75, 3.05) is 45.9 Å². The number of nitrogens with zero attached hydrogens (tertiary/aromatic N) is 2. The van der Waals surface area contributed by atoms with Gasteiger partial charge in [0.05, 0.1) is 13.2 Å². The molecule has 1 saturated heterocycles. The molecule has 122 valence electrons. The molecular weight excluding hydrogens is 379 g/mol. The van der Waals surface area contributed by atoms with E-state index in [1.165, 1.54) is 19.3 Å². The van der Waals surface area contributed by atoms with Crippen molar-refractivity contribution in [2.45, 2.75) is 32.1 Å². The molecule has 1 aliphatic carbocycles. The van der Waals surface area contributed by atoms with Crippen molar-refractivity contribution in [2.24, 2.45) is 10.7 Å². The number of nitrogens with two attached hydrogens (primary N) is 1. The molecule has 0 aromatic carbocycles. The Kier molecular flexibility index (Phi) is 10.0. The maximum atomic E-state index is 5.86. The molecule has 21 heavy (non-hydrogen) atoms. The minimum absolute atomic E-state index is 0. The Balaban J connectivity index is 0.00000220. The molecule has 0 aromatic rings. The van der Waals surface area contributed by atoms with Gasteiger partial charge in [-0.15, -0.1) is 24.0 Å². The molecule has 2 rings (SSSR count). The molecule has 0 radical (unpaired) electrons. The highest BCUT2D eigenvalue weighted by Crippen LogP contribution is 2.19. The quantitative estimate of drug-likeness (QED) is 0.222. The van der Waals surface area contributed by atoms with Crippen LogP contribution in [0.1, 0.15) is 32.1 Å². The van der Waals surface area contributed by atoms with Crippen LogP contribution in [0.4, 0.5) is 0 Å². The lowest BCUT2D eigenvalue weighted by atomic mass is 10.2. The lowest BCUT2D eigenvalue weighted by Crippen LogP contribution is -2.37. The van der Waals surface area contributed by atoms with E-state index in [2.05, 4.69) is 21.3 Å². The summed E-state index contributed by atoms with van der Waals surface area (Å²) >= 11 is 0. The van der Waals surface area contributed by atoms with Crippen LogP contribution in [0.3, 0.4) is 0 Å². The van der Waals surface area contributed by atoms with Gasteiger partial charge < -0.3 is 15.8 Å². The number of ether oxygens (including phenoxy) is 1. The minimum atomic E-state index is 0. The van der Waals surface area contributed by atoms with E-state index in [-0.39, 0.29) is 24.0 Å². The molecule has 0 spiro atoms. The van der Waals surface area contributed by atoms with Crippen molar-refractivity contribution in [3.05, 3.63) is 11.6 Å². The third-order valence-electron chi connectivity index (χ3n) is 3.91. The van der Waals surface area contributed by atoms with Crippen LogP contribution in [0.15, 0.2) is 16.6 Å². The van der Waals surface area contributed by atoms with Crippen molar-refractivity contribution in [3.63, 3.8) is 0 Å². The summed E-state index contributed by atoms with van der Waals surface area (Å²) in [5, 5.41) is 3.20. The van der Waals surface area contributed by atoms with Crippen LogP contribution in [0.25, 0.3) is 0 Å². The third-order valence-corrected chi connectivity index (χ3v) is 3.91. The lowest BCUT2D eigenvalue weighted by Gasteiger charge is -2.26. The highest BCUT2D eigenvalue weighted by Gasteiger charge is 2.08. The van der Waals surface area contributed by atoms with Gasteiger partial charge in [0.15, 0.2) is 5.96 Å². The normalized spacial score (nSPS) is 20.0. The predicted octanol–water partition coefficient (Wildman–Crippen LogP) is 1.73. The van der Waals surface area contributed by atoms with Crippen LogP contribution in [-0.4, -0.2) is 56.8 Å². The Hall–Kier alpha value is -0.340. The number of rotatable bonds is 7. The van der Waals surface area contributed by atoms with Gasteiger partial charge in [0.25, 0.3) is 0 Å². The van der Waals surface area contributed by atoms with E-state index in [1.807, 2.05) is 0 Å². The van der Waals surface area contributed by atoms with E-state index in [9.17, 15) is 0 Å². The van der Waals surface area contributed by atoms with E-state index >= 15 is 0 Å². The maximum Gasteiger partial charge on any atom is 0.188 e. The first-order valence-electron chi connectivity index (χ1n) is 7.86. The number of halogens is 1. The number of hydrogen-bond acceptors (Lipinski definition) is 3. The molecule has 0 unspecified atom stereocenters. The number of hydrogen-bond donors (Lipinski definition) is 2. The zero-order valence-electron chi connectivity index (χ0n) is 12.9. The standard InChI is InChI=1S/C15H28N4O.HI/c16-15(18-8-6-14-4-1-2-5-14)17-7-3-9-19-10-12-20-13-11-19;/h4H,1-3,5-13H2,(H3,16,17,18);1H. The molecule has 1 fully saturated rings. The van der Waals surface area contributed by atoms with Gasteiger partial charge >= 0.3 is 0 Å². The summed E-state index contributed by atoms with van der Waals surface area (Å²) in [4.78, 5) is 6.80. The zero-order valence-corrected chi connectivity index (χ0v) is 15.2. The van der Waals surface area contributed by atoms with Crippen LogP contribution < -0.4 is 11.1 Å². The highest BCUT2D eigenvalue weighted by atomic mass is 127. The van der Waals surface area contributed by atoms with Gasteiger partial charge in [0.2, 0.25) is 0 Å². The molecule has 0 saturated carbocycles. The first-order chi connectivity index (χ1) is 9.84. The van der Waals surface area contributed by atoms with E-state index in [1.54, 1.807) is 5.57 Å². The van der Waals surface area contributed by atoms with Crippen LogP contribution in [-0.2, 0) is 4.74 Å². The van der Waals surface area contributed by atoms with E-state index in [4.69, 9.17) is 10.5 Å². The molecule has 1 heterocycles. The SMILES string of the molecule is I.NC(=NCCCN1CCOCC1)NCCC1=CCCC1. The number of morpholine rings is 1. The number of nitrogens with one attached hydrogen (secondary N) is 1. The second-order valence-electron chi connectivity index (χ2n) is 5.51. The maximum absolute atomic E-state index is 5.86. The molecule has 1 aliphatic heterocycles. The number of allylic oxidation sites excluding steroid dienone is 1. The molecule has 5 nitrogen and oxygen atoms in total. The second kappa shape index (κ2) is 11.3. The monoisotopic (exact) mass is 408 g/mol. The number of aliphatic imine (C=N–C) groups is 1. The van der Waals surface area contributed by atoms with Crippen molar-refractivity contribution in [1.82, 2.24) is 10.2 Å². The fourth-order valence-electron chi connectivity index (χ4n) is 2.69. The molecule has 0 atom stereocenters. The van der Waals surface area contributed by atoms with Crippen molar-refractivity contribution in [3.8, 4) is 0 Å². The van der Waals surface area contributed by atoms with Gasteiger partial charge in [0.1, 0.15) is 0 Å². The van der Waals surface area contributed by atoms with Crippen molar-refractivity contribution < 1.29 is 4.74 Å². The lowest BCUT2D eigenvalue weighted by molar-refractivity contribution is 0.0377. The first kappa shape index (κ1) is 18.7. The van der Waals surface area contributed by atoms with Crippen molar-refractivity contribution >= 4 is 29.9 Å². The van der Waals surface area contributed by atoms with Gasteiger partial charge in [-0.2, -0.15) is 0 Å². The molecule has 3 N–H and O–H groups in total. The smallest absolute Gasteiger partial charge is 0.188 e. The van der Waals surface area contributed by atoms with Crippen molar-refractivity contribution in [1.29, 1.82) is 0 Å². The van der Waals surface area contributed by atoms with Crippen LogP contribution in [0, 0.1) is 0 Å². The largest absolute Gasteiger partial charge is 0.379 e. The number of guanidine groups is 1. The van der Waals surface area contributed by atoms with Crippen LogP contribution in [0.5, 0.6) is 0 Å². The minimum Gasteiger partial charge on any atom is -0.379 e. The molecule has 6 heteroatoms. The van der Waals surface area contributed by atoms with Crippen LogP contribution >= 0.6 is 24.0 Å². The average molecular weight is 408 g/mol. The molecule has 0 aromatic heterocycles. The molecule has 2 aliphatic rings. The Labute approximate surface area is 145 Å². The Morgan fingerprint density at radius 3 is 2.90 bits per heavy atom. The molecular formula is C15H29IN4O. The predicted molar refractivity (Wildman–Crippen MR) is 98.3 cm³/mol. The topological polar surface area (TPSA) is 62.9 Å². The Morgan fingerprint density at radius 2 is 2.19 bits per heavy atom. The summed E-state index contributed by atoms with van der Waals surface area (Å²) in [5.74, 6) is 0.588. The van der Waals surface area contributed by atoms with Gasteiger partial charge in [0, 0.05) is 32.7 Å². The molecule has 0 bridgehead atoms. The second-order valence-corrected chi connectivity index (χ2v) is 5.51. The van der Waals surface area contributed by atoms with E-state index in [0.29, 0.717) is 5.96 Å². The molecule has 0 amide bonds. The van der Waals surface area contributed by atoms with Gasteiger partial charge in [-0.05, 0) is 32.1 Å². The van der Waals surface area contributed by atoms with Gasteiger partial charge in [-0.3, -0.25) is 9.89 Å². The summed E-state index contributed by atoms with van der Waals surface area (Å²) in [6, 6.07) is 0. The fourth-order valence-corrected chi connectivity index (χ4v) is 2.69. The Bertz CT molecular complexity index is 341.